The normalized spacial score (nSPS) is 12.4. The second kappa shape index (κ2) is 6.89. The second-order valence-corrected chi connectivity index (χ2v) is 9.52. The minimum atomic E-state index is -0.380. The summed E-state index contributed by atoms with van der Waals surface area (Å²) in [5.41, 5.74) is 3.75. The lowest BCUT2D eigenvalue weighted by Crippen LogP contribution is -2.21. The van der Waals surface area contributed by atoms with Crippen LogP contribution >= 0.6 is 11.6 Å². The van der Waals surface area contributed by atoms with Crippen LogP contribution in [0.25, 0.3) is 16.7 Å². The minimum absolute atomic E-state index is 0.0978. The van der Waals surface area contributed by atoms with E-state index in [0.29, 0.717) is 22.0 Å². The molecule has 0 N–H and O–H groups in total. The lowest BCUT2D eigenvalue weighted by Gasteiger charge is -2.28. The summed E-state index contributed by atoms with van der Waals surface area (Å²) in [4.78, 5) is 13.4. The molecule has 1 aromatic heterocycles. The Labute approximate surface area is 170 Å². The number of nitrogens with zero attached hydrogens (tertiary/aromatic N) is 3. The first-order valence-electron chi connectivity index (χ1n) is 9.26. The van der Waals surface area contributed by atoms with E-state index in [0.717, 1.165) is 16.6 Å². The van der Waals surface area contributed by atoms with Gasteiger partial charge >= 0.3 is 5.97 Å². The van der Waals surface area contributed by atoms with Crippen LogP contribution in [0.3, 0.4) is 0 Å². The van der Waals surface area contributed by atoms with Crippen molar-refractivity contribution in [2.75, 3.05) is 0 Å². The summed E-state index contributed by atoms with van der Waals surface area (Å²) in [7, 11) is 0. The summed E-state index contributed by atoms with van der Waals surface area (Å²) in [6.07, 6.45) is 0. The molecule has 0 unspecified atom stereocenters. The fourth-order valence-corrected chi connectivity index (χ4v) is 3.16. The largest absolute Gasteiger partial charge is 0.424 e. The first-order chi connectivity index (χ1) is 12.9. The van der Waals surface area contributed by atoms with E-state index in [9.17, 15) is 4.79 Å². The number of benzene rings is 2. The van der Waals surface area contributed by atoms with E-state index in [1.165, 1.54) is 11.7 Å². The summed E-state index contributed by atoms with van der Waals surface area (Å²) < 4.78 is 5.68. The van der Waals surface area contributed by atoms with Gasteiger partial charge < -0.3 is 4.74 Å². The van der Waals surface area contributed by atoms with Crippen molar-refractivity contribution >= 4 is 28.6 Å². The summed E-state index contributed by atoms with van der Waals surface area (Å²) in [6.45, 7) is 14.1. The van der Waals surface area contributed by atoms with Crippen molar-refractivity contribution in [1.29, 1.82) is 0 Å². The molecule has 3 aromatic rings. The molecule has 2 aromatic carbocycles. The van der Waals surface area contributed by atoms with E-state index in [-0.39, 0.29) is 16.8 Å². The fraction of sp³-hybridized carbons (Fsp3) is 0.409. The molecule has 0 saturated carbocycles. The number of carbonyl (C=O) groups excluding carboxylic acids is 1. The third-order valence-corrected chi connectivity index (χ3v) is 4.78. The first-order valence-corrected chi connectivity index (χ1v) is 9.64. The minimum Gasteiger partial charge on any atom is -0.424 e. The molecular weight excluding hydrogens is 374 g/mol. The first kappa shape index (κ1) is 20.3. The third kappa shape index (κ3) is 4.04. The van der Waals surface area contributed by atoms with E-state index >= 15 is 0 Å². The molecule has 0 aliphatic rings. The number of hydrogen-bond acceptors (Lipinski definition) is 4. The van der Waals surface area contributed by atoms with Crippen LogP contribution in [0, 0.1) is 0 Å². The third-order valence-electron chi connectivity index (χ3n) is 4.55. The second-order valence-electron chi connectivity index (χ2n) is 9.09. The van der Waals surface area contributed by atoms with Crippen LogP contribution < -0.4 is 4.74 Å². The van der Waals surface area contributed by atoms with Crippen molar-refractivity contribution in [2.24, 2.45) is 0 Å². The van der Waals surface area contributed by atoms with Crippen molar-refractivity contribution in [3.05, 3.63) is 46.5 Å². The molecule has 0 amide bonds. The number of carbonyl (C=O) groups is 1. The Morgan fingerprint density at radius 2 is 1.61 bits per heavy atom. The SMILES string of the molecule is CC(=O)Oc1c(-n2nc3ccc(Cl)cc3n2)cc(C(C)(C)C)cc1C(C)(C)C. The van der Waals surface area contributed by atoms with Gasteiger partial charge in [0.25, 0.3) is 0 Å². The maximum Gasteiger partial charge on any atom is 0.308 e. The lowest BCUT2D eigenvalue weighted by molar-refractivity contribution is -0.131. The van der Waals surface area contributed by atoms with E-state index in [4.69, 9.17) is 16.3 Å². The van der Waals surface area contributed by atoms with Gasteiger partial charge in [-0.1, -0.05) is 59.2 Å². The molecule has 0 bridgehead atoms. The Hall–Kier alpha value is -2.40. The van der Waals surface area contributed by atoms with Crippen LogP contribution in [0.15, 0.2) is 30.3 Å². The maximum atomic E-state index is 11.9. The summed E-state index contributed by atoms with van der Waals surface area (Å²) in [6, 6.07) is 9.48. The van der Waals surface area contributed by atoms with Crippen LogP contribution in [0.1, 0.15) is 59.6 Å². The quantitative estimate of drug-likeness (QED) is 0.416. The highest BCUT2D eigenvalue weighted by Crippen LogP contribution is 2.40. The average Bonchev–Trinajstić information content (AvgIpc) is 2.95. The highest BCUT2D eigenvalue weighted by atomic mass is 35.5. The summed E-state index contributed by atoms with van der Waals surface area (Å²) in [5, 5.41) is 9.78. The molecule has 5 nitrogen and oxygen atoms in total. The lowest BCUT2D eigenvalue weighted by atomic mass is 9.79. The predicted octanol–water partition coefficient (Wildman–Crippen LogP) is 5.59. The molecule has 0 saturated heterocycles. The molecule has 148 valence electrons. The van der Waals surface area contributed by atoms with Gasteiger partial charge in [0.1, 0.15) is 16.7 Å². The van der Waals surface area contributed by atoms with Crippen LogP contribution in [0.5, 0.6) is 5.75 Å². The van der Waals surface area contributed by atoms with Gasteiger partial charge in [-0.3, -0.25) is 4.79 Å². The van der Waals surface area contributed by atoms with Gasteiger partial charge in [-0.25, -0.2) is 0 Å². The topological polar surface area (TPSA) is 57.0 Å². The fourth-order valence-electron chi connectivity index (χ4n) is 3.00. The predicted molar refractivity (Wildman–Crippen MR) is 113 cm³/mol. The number of halogens is 1. The van der Waals surface area contributed by atoms with E-state index in [1.54, 1.807) is 12.1 Å². The molecule has 1 heterocycles. The summed E-state index contributed by atoms with van der Waals surface area (Å²) in [5.74, 6) is 0.106. The molecule has 6 heteroatoms. The zero-order valence-corrected chi connectivity index (χ0v) is 18.2. The number of esters is 1. The Morgan fingerprint density at radius 3 is 2.18 bits per heavy atom. The molecule has 0 atom stereocenters. The molecule has 28 heavy (non-hydrogen) atoms. The monoisotopic (exact) mass is 399 g/mol. The van der Waals surface area contributed by atoms with Gasteiger partial charge in [0.2, 0.25) is 0 Å². The smallest absolute Gasteiger partial charge is 0.308 e. The van der Waals surface area contributed by atoms with Crippen molar-refractivity contribution in [2.45, 2.75) is 59.3 Å². The standard InChI is InChI=1S/C22H26ClN3O2/c1-13(27)28-20-16(22(5,6)7)10-14(21(2,3)4)11-19(20)26-24-17-9-8-15(23)12-18(17)25-26/h8-12H,1-7H3. The van der Waals surface area contributed by atoms with Crippen LogP contribution in [0.4, 0.5) is 0 Å². The molecule has 0 radical (unpaired) electrons. The van der Waals surface area contributed by atoms with Gasteiger partial charge in [-0.05, 0) is 40.7 Å². The molecule has 0 aliphatic carbocycles. The average molecular weight is 400 g/mol. The van der Waals surface area contributed by atoms with Gasteiger partial charge in [-0.2, -0.15) is 0 Å². The van der Waals surface area contributed by atoms with Crippen molar-refractivity contribution in [1.82, 2.24) is 15.0 Å². The molecule has 0 fully saturated rings. The van der Waals surface area contributed by atoms with Gasteiger partial charge in [-0.15, -0.1) is 15.0 Å². The van der Waals surface area contributed by atoms with E-state index in [2.05, 4.69) is 57.8 Å². The zero-order valence-electron chi connectivity index (χ0n) is 17.4. The number of hydrogen-bond donors (Lipinski definition) is 0. The zero-order chi connectivity index (χ0) is 20.9. The Bertz CT molecular complexity index is 1060. The van der Waals surface area contributed by atoms with E-state index in [1.807, 2.05) is 12.1 Å². The van der Waals surface area contributed by atoms with Crippen molar-refractivity contribution in [3.8, 4) is 11.4 Å². The number of fused-ring (bicyclic) bond motifs is 1. The number of aromatic nitrogens is 3. The Balaban J connectivity index is 2.36. The maximum absolute atomic E-state index is 11.9. The molecule has 3 rings (SSSR count). The Kier molecular flexibility index (Phi) is 5.00. The molecule has 0 aliphatic heterocycles. The molecule has 0 spiro atoms. The highest BCUT2D eigenvalue weighted by molar-refractivity contribution is 6.31. The van der Waals surface area contributed by atoms with Crippen LogP contribution in [-0.4, -0.2) is 21.0 Å². The van der Waals surface area contributed by atoms with Crippen molar-refractivity contribution in [3.63, 3.8) is 0 Å². The van der Waals surface area contributed by atoms with Gasteiger partial charge in [0, 0.05) is 17.5 Å². The number of rotatable bonds is 2. The Morgan fingerprint density at radius 1 is 0.964 bits per heavy atom. The summed E-state index contributed by atoms with van der Waals surface area (Å²) >= 11 is 6.10. The van der Waals surface area contributed by atoms with E-state index < -0.39 is 0 Å². The highest BCUT2D eigenvalue weighted by Gasteiger charge is 2.28. The van der Waals surface area contributed by atoms with Crippen LogP contribution in [0.2, 0.25) is 5.02 Å². The number of ether oxygens (including phenoxy) is 1. The van der Waals surface area contributed by atoms with Crippen LogP contribution in [-0.2, 0) is 15.6 Å². The molecular formula is C22H26ClN3O2. The van der Waals surface area contributed by atoms with Crippen molar-refractivity contribution < 1.29 is 9.53 Å². The van der Waals surface area contributed by atoms with Gasteiger partial charge in [0.05, 0.1) is 0 Å². The van der Waals surface area contributed by atoms with Gasteiger partial charge in [0.15, 0.2) is 5.75 Å².